The molecule has 8 nitrogen and oxygen atoms in total. The molecule has 2 N–H and O–H groups in total. The first-order valence-corrected chi connectivity index (χ1v) is 12.5. The van der Waals surface area contributed by atoms with Crippen LogP contribution < -0.4 is 14.9 Å². The van der Waals surface area contributed by atoms with Crippen molar-refractivity contribution in [2.75, 3.05) is 24.5 Å². The van der Waals surface area contributed by atoms with Gasteiger partial charge in [0.05, 0.1) is 6.54 Å². The second-order valence-electron chi connectivity index (χ2n) is 8.36. The number of nitrogens with one attached hydrogen (secondary N) is 2. The van der Waals surface area contributed by atoms with E-state index in [-0.39, 0.29) is 16.3 Å². The summed E-state index contributed by atoms with van der Waals surface area (Å²) in [6, 6.07) is 8.63. The summed E-state index contributed by atoms with van der Waals surface area (Å²) in [7, 11) is -3.90. The topological polar surface area (TPSA) is 98.6 Å². The Morgan fingerprint density at radius 3 is 2.43 bits per heavy atom. The molecule has 1 aliphatic carbocycles. The third kappa shape index (κ3) is 5.95. The van der Waals surface area contributed by atoms with E-state index in [1.165, 1.54) is 24.3 Å². The van der Waals surface area contributed by atoms with E-state index >= 15 is 0 Å². The fourth-order valence-corrected chi connectivity index (χ4v) is 5.10. The average Bonchev–Trinajstić information content (AvgIpc) is 3.61. The summed E-state index contributed by atoms with van der Waals surface area (Å²) in [5, 5.41) is 2.61. The Bertz CT molecular complexity index is 1230. The predicted molar refractivity (Wildman–Crippen MR) is 123 cm³/mol. The second kappa shape index (κ2) is 9.76. The molecule has 1 aliphatic heterocycles. The fraction of sp³-hybridized carbons (Fsp3) is 0.364. The number of amides is 2. The van der Waals surface area contributed by atoms with Crippen LogP contribution in [0, 0.1) is 5.82 Å². The number of rotatable bonds is 9. The lowest BCUT2D eigenvalue weighted by Gasteiger charge is -2.38. The van der Waals surface area contributed by atoms with Gasteiger partial charge in [0.2, 0.25) is 11.8 Å². The quantitative estimate of drug-likeness (QED) is 0.487. The molecule has 2 amide bonds. The Balaban J connectivity index is 1.70. The summed E-state index contributed by atoms with van der Waals surface area (Å²) in [4.78, 5) is 27.7. The maximum Gasteiger partial charge on any atom is 0.280 e. The zero-order valence-electron chi connectivity index (χ0n) is 18.3. The SMILES string of the molecule is O=C(NC1CC(F)(F)C1)C(c1ccccc1Cl)N(C(=O)CNS(=O)(=O)N1CC1)c1cccc(F)c1. The number of benzene rings is 2. The molecular weight excluding hydrogens is 509 g/mol. The van der Waals surface area contributed by atoms with Gasteiger partial charge in [-0.3, -0.25) is 14.5 Å². The molecule has 1 unspecified atom stereocenters. The molecule has 2 aromatic carbocycles. The first-order valence-electron chi connectivity index (χ1n) is 10.7. The van der Waals surface area contributed by atoms with Gasteiger partial charge in [-0.1, -0.05) is 35.9 Å². The number of alkyl halides is 2. The minimum Gasteiger partial charge on any atom is -0.351 e. The molecule has 2 aromatic rings. The van der Waals surface area contributed by atoms with Crippen molar-refractivity contribution in [3.8, 4) is 0 Å². The Morgan fingerprint density at radius 2 is 1.83 bits per heavy atom. The highest BCUT2D eigenvalue weighted by molar-refractivity contribution is 7.87. The minimum absolute atomic E-state index is 0.0417. The number of nitrogens with zero attached hydrogens (tertiary/aromatic N) is 2. The third-order valence-corrected chi connectivity index (χ3v) is 7.55. The molecule has 35 heavy (non-hydrogen) atoms. The van der Waals surface area contributed by atoms with E-state index in [0.29, 0.717) is 13.1 Å². The van der Waals surface area contributed by atoms with Crippen molar-refractivity contribution < 1.29 is 31.2 Å². The highest BCUT2D eigenvalue weighted by Crippen LogP contribution is 2.39. The van der Waals surface area contributed by atoms with Gasteiger partial charge in [-0.05, 0) is 24.3 Å². The van der Waals surface area contributed by atoms with E-state index in [4.69, 9.17) is 11.6 Å². The Morgan fingerprint density at radius 1 is 1.14 bits per heavy atom. The van der Waals surface area contributed by atoms with Crippen LogP contribution in [0.15, 0.2) is 48.5 Å². The van der Waals surface area contributed by atoms with E-state index < -0.39 is 65.2 Å². The molecular formula is C22H22ClF3N4O4S. The van der Waals surface area contributed by atoms with Crippen LogP contribution in [0.25, 0.3) is 0 Å². The first kappa shape index (κ1) is 25.4. The van der Waals surface area contributed by atoms with Crippen LogP contribution in [0.3, 0.4) is 0 Å². The standard InChI is InChI=1S/C22H22ClF3N4O4S/c23-18-7-2-1-6-17(18)20(21(32)28-15-11-22(25,26)12-15)30(16-5-3-4-14(24)10-16)19(31)13-27-35(33,34)29-8-9-29/h1-7,10,15,20,27H,8-9,11-13H2,(H,28,32). The number of halogens is 4. The molecule has 0 aromatic heterocycles. The van der Waals surface area contributed by atoms with Crippen LogP contribution in [0.1, 0.15) is 24.4 Å². The highest BCUT2D eigenvalue weighted by Gasteiger charge is 2.47. The summed E-state index contributed by atoms with van der Waals surface area (Å²) in [6.45, 7) is -0.104. The number of carbonyl (C=O) groups excluding carboxylic acids is 2. The second-order valence-corrected chi connectivity index (χ2v) is 10.5. The van der Waals surface area contributed by atoms with Crippen molar-refractivity contribution in [1.82, 2.24) is 14.3 Å². The highest BCUT2D eigenvalue weighted by atomic mass is 35.5. The number of hydrogen-bond donors (Lipinski definition) is 2. The van der Waals surface area contributed by atoms with Gasteiger partial charge in [-0.15, -0.1) is 0 Å². The summed E-state index contributed by atoms with van der Waals surface area (Å²) >= 11 is 6.33. The molecule has 1 saturated carbocycles. The predicted octanol–water partition coefficient (Wildman–Crippen LogP) is 2.62. The number of carbonyl (C=O) groups is 2. The fourth-order valence-electron chi connectivity index (χ4n) is 3.81. The van der Waals surface area contributed by atoms with Crippen molar-refractivity contribution in [3.63, 3.8) is 0 Å². The molecule has 1 atom stereocenters. The molecule has 2 fully saturated rings. The molecule has 0 bridgehead atoms. The smallest absolute Gasteiger partial charge is 0.280 e. The Kier molecular flexibility index (Phi) is 7.09. The maximum absolute atomic E-state index is 14.1. The van der Waals surface area contributed by atoms with Gasteiger partial charge in [0.1, 0.15) is 11.9 Å². The molecule has 2 aliphatic rings. The molecule has 1 heterocycles. The van der Waals surface area contributed by atoms with Gasteiger partial charge in [0.25, 0.3) is 16.1 Å². The van der Waals surface area contributed by atoms with Gasteiger partial charge in [0.15, 0.2) is 0 Å². The van der Waals surface area contributed by atoms with E-state index in [9.17, 15) is 31.2 Å². The van der Waals surface area contributed by atoms with Crippen LogP contribution in [0.5, 0.6) is 0 Å². The zero-order valence-corrected chi connectivity index (χ0v) is 19.8. The van der Waals surface area contributed by atoms with Crippen molar-refractivity contribution in [2.45, 2.75) is 30.8 Å². The van der Waals surface area contributed by atoms with Crippen molar-refractivity contribution in [1.29, 1.82) is 0 Å². The number of hydrogen-bond acceptors (Lipinski definition) is 4. The zero-order chi connectivity index (χ0) is 25.4. The summed E-state index contributed by atoms with van der Waals surface area (Å²) in [6.07, 6.45) is -1.12. The summed E-state index contributed by atoms with van der Waals surface area (Å²) in [5.41, 5.74) is 0.115. The van der Waals surface area contributed by atoms with Gasteiger partial charge >= 0.3 is 0 Å². The normalized spacial score (nSPS) is 18.4. The molecule has 0 spiro atoms. The van der Waals surface area contributed by atoms with Crippen molar-refractivity contribution in [3.05, 3.63) is 64.9 Å². The van der Waals surface area contributed by atoms with Gasteiger partial charge in [-0.25, -0.2) is 13.2 Å². The van der Waals surface area contributed by atoms with Crippen molar-refractivity contribution in [2.24, 2.45) is 0 Å². The van der Waals surface area contributed by atoms with Gasteiger partial charge < -0.3 is 5.32 Å². The van der Waals surface area contributed by atoms with E-state index in [1.54, 1.807) is 12.1 Å². The summed E-state index contributed by atoms with van der Waals surface area (Å²) in [5.74, 6) is -5.29. The molecule has 4 rings (SSSR count). The third-order valence-electron chi connectivity index (χ3n) is 5.65. The van der Waals surface area contributed by atoms with Crippen LogP contribution in [-0.4, -0.2) is 56.1 Å². The van der Waals surface area contributed by atoms with Crippen molar-refractivity contribution >= 4 is 39.3 Å². The lowest BCUT2D eigenvalue weighted by atomic mass is 9.87. The number of anilines is 1. The summed E-state index contributed by atoms with van der Waals surface area (Å²) < 4.78 is 68.5. The average molecular weight is 531 g/mol. The monoisotopic (exact) mass is 530 g/mol. The van der Waals surface area contributed by atoms with Crippen LogP contribution in [-0.2, 0) is 19.8 Å². The van der Waals surface area contributed by atoms with E-state index in [1.807, 2.05) is 0 Å². The lowest BCUT2D eigenvalue weighted by molar-refractivity contribution is -0.132. The maximum atomic E-state index is 14.1. The van der Waals surface area contributed by atoms with E-state index in [0.717, 1.165) is 21.3 Å². The minimum atomic E-state index is -3.90. The molecule has 0 radical (unpaired) electrons. The van der Waals surface area contributed by atoms with E-state index in [2.05, 4.69) is 10.0 Å². The lowest BCUT2D eigenvalue weighted by Crippen LogP contribution is -2.54. The van der Waals surface area contributed by atoms with Gasteiger partial charge in [0, 0.05) is 48.2 Å². The Hall–Kier alpha value is -2.67. The molecule has 1 saturated heterocycles. The largest absolute Gasteiger partial charge is 0.351 e. The van der Waals surface area contributed by atoms with Crippen LogP contribution in [0.2, 0.25) is 5.02 Å². The molecule has 13 heteroatoms. The van der Waals surface area contributed by atoms with Gasteiger partial charge in [-0.2, -0.15) is 17.4 Å². The Labute approximate surface area is 205 Å². The first-order chi connectivity index (χ1) is 16.5. The van der Waals surface area contributed by atoms with Crippen LogP contribution >= 0.6 is 11.6 Å². The molecule has 188 valence electrons. The van der Waals surface area contributed by atoms with Crippen LogP contribution in [0.4, 0.5) is 18.9 Å².